The summed E-state index contributed by atoms with van der Waals surface area (Å²) in [5.41, 5.74) is 0.426. The van der Waals surface area contributed by atoms with E-state index in [0.717, 1.165) is 5.56 Å². The zero-order chi connectivity index (χ0) is 19.9. The first-order valence-corrected chi connectivity index (χ1v) is 9.01. The van der Waals surface area contributed by atoms with E-state index in [-0.39, 0.29) is 36.2 Å². The molecule has 0 saturated carbocycles. The van der Waals surface area contributed by atoms with Gasteiger partial charge in [0, 0.05) is 24.0 Å². The Morgan fingerprint density at radius 1 is 1.15 bits per heavy atom. The van der Waals surface area contributed by atoms with Gasteiger partial charge in [0.2, 0.25) is 17.7 Å². The van der Waals surface area contributed by atoms with Crippen molar-refractivity contribution >= 4 is 29.3 Å². The van der Waals surface area contributed by atoms with Gasteiger partial charge >= 0.3 is 0 Å². The van der Waals surface area contributed by atoms with E-state index in [1.165, 1.54) is 11.8 Å². The molecule has 1 rings (SSSR count). The van der Waals surface area contributed by atoms with E-state index in [0.29, 0.717) is 11.6 Å². The Kier molecular flexibility index (Phi) is 8.08. The Balaban J connectivity index is 2.84. The highest BCUT2D eigenvalue weighted by Gasteiger charge is 2.23. The Morgan fingerprint density at radius 3 is 2.19 bits per heavy atom. The smallest absolute Gasteiger partial charge is 0.240 e. The molecule has 1 atom stereocenters. The molecule has 26 heavy (non-hydrogen) atoms. The minimum absolute atomic E-state index is 0.0139. The van der Waals surface area contributed by atoms with Crippen LogP contribution in [0, 0.1) is 0 Å². The lowest BCUT2D eigenvalue weighted by atomic mass is 10.0. The molecule has 6 nitrogen and oxygen atoms in total. The van der Waals surface area contributed by atoms with Crippen LogP contribution in [0.25, 0.3) is 0 Å². The summed E-state index contributed by atoms with van der Waals surface area (Å²) in [5, 5.41) is 6.21. The standard InChI is InChI=1S/C19H28ClN3O3/c1-6-23(12-17(25)22-19(3,4)5)18(26)11-16(21-13(2)24)14-7-9-15(20)10-8-14/h7-10,16H,6,11-12H2,1-5H3,(H,21,24)(H,22,25). The fraction of sp³-hybridized carbons (Fsp3) is 0.526. The largest absolute Gasteiger partial charge is 0.350 e. The molecule has 0 bridgehead atoms. The van der Waals surface area contributed by atoms with Gasteiger partial charge in [0.25, 0.3) is 0 Å². The number of amides is 3. The molecule has 0 aliphatic rings. The number of nitrogens with zero attached hydrogens (tertiary/aromatic N) is 1. The number of carbonyl (C=O) groups excluding carboxylic acids is 3. The maximum Gasteiger partial charge on any atom is 0.240 e. The van der Waals surface area contributed by atoms with Gasteiger partial charge in [-0.05, 0) is 45.4 Å². The van der Waals surface area contributed by atoms with Crippen LogP contribution in [0.1, 0.15) is 52.6 Å². The highest BCUT2D eigenvalue weighted by atomic mass is 35.5. The summed E-state index contributed by atoms with van der Waals surface area (Å²) in [4.78, 5) is 37.8. The summed E-state index contributed by atoms with van der Waals surface area (Å²) in [7, 11) is 0. The molecule has 0 fully saturated rings. The van der Waals surface area contributed by atoms with Gasteiger partial charge in [-0.2, -0.15) is 0 Å². The summed E-state index contributed by atoms with van der Waals surface area (Å²) in [6, 6.07) is 6.50. The number of nitrogens with one attached hydrogen (secondary N) is 2. The van der Waals surface area contributed by atoms with Crippen LogP contribution in [-0.2, 0) is 14.4 Å². The first-order chi connectivity index (χ1) is 12.0. The fourth-order valence-electron chi connectivity index (χ4n) is 2.50. The molecule has 7 heteroatoms. The third-order valence-electron chi connectivity index (χ3n) is 3.61. The van der Waals surface area contributed by atoms with Crippen molar-refractivity contribution in [3.8, 4) is 0 Å². The summed E-state index contributed by atoms with van der Waals surface area (Å²) in [6.45, 7) is 9.27. The average molecular weight is 382 g/mol. The van der Waals surface area contributed by atoms with Crippen molar-refractivity contribution in [1.29, 1.82) is 0 Å². The number of hydrogen-bond acceptors (Lipinski definition) is 3. The molecule has 2 N–H and O–H groups in total. The van der Waals surface area contributed by atoms with Gasteiger partial charge in [0.15, 0.2) is 0 Å². The quantitative estimate of drug-likeness (QED) is 0.762. The second-order valence-electron chi connectivity index (χ2n) is 7.21. The summed E-state index contributed by atoms with van der Waals surface area (Å²) in [6.07, 6.45) is 0.0673. The van der Waals surface area contributed by atoms with E-state index in [4.69, 9.17) is 11.6 Å². The second kappa shape index (κ2) is 9.57. The van der Waals surface area contributed by atoms with Crippen LogP contribution < -0.4 is 10.6 Å². The van der Waals surface area contributed by atoms with E-state index >= 15 is 0 Å². The van der Waals surface area contributed by atoms with Gasteiger partial charge in [-0.1, -0.05) is 23.7 Å². The molecular formula is C19H28ClN3O3. The van der Waals surface area contributed by atoms with Crippen molar-refractivity contribution in [2.45, 2.75) is 52.6 Å². The van der Waals surface area contributed by atoms with E-state index in [1.807, 2.05) is 27.7 Å². The first-order valence-electron chi connectivity index (χ1n) is 8.63. The van der Waals surface area contributed by atoms with Gasteiger partial charge in [-0.25, -0.2) is 0 Å². The molecule has 0 spiro atoms. The molecule has 144 valence electrons. The predicted molar refractivity (Wildman–Crippen MR) is 103 cm³/mol. The van der Waals surface area contributed by atoms with Crippen molar-refractivity contribution in [3.63, 3.8) is 0 Å². The van der Waals surface area contributed by atoms with Crippen molar-refractivity contribution < 1.29 is 14.4 Å². The molecular weight excluding hydrogens is 354 g/mol. The molecule has 1 aromatic carbocycles. The molecule has 3 amide bonds. The lowest BCUT2D eigenvalue weighted by Gasteiger charge is -2.27. The van der Waals surface area contributed by atoms with Crippen LogP contribution >= 0.6 is 11.6 Å². The Bertz CT molecular complexity index is 638. The van der Waals surface area contributed by atoms with Gasteiger partial charge in [0.05, 0.1) is 19.0 Å². The van der Waals surface area contributed by atoms with E-state index in [2.05, 4.69) is 10.6 Å². The molecule has 1 aromatic rings. The average Bonchev–Trinajstić information content (AvgIpc) is 2.50. The Morgan fingerprint density at radius 2 is 1.73 bits per heavy atom. The van der Waals surface area contributed by atoms with Crippen LogP contribution in [-0.4, -0.2) is 41.2 Å². The van der Waals surface area contributed by atoms with Crippen LogP contribution in [0.15, 0.2) is 24.3 Å². The predicted octanol–water partition coefficient (Wildman–Crippen LogP) is 2.67. The van der Waals surface area contributed by atoms with Gasteiger partial charge < -0.3 is 15.5 Å². The van der Waals surface area contributed by atoms with Crippen molar-refractivity contribution in [2.75, 3.05) is 13.1 Å². The number of rotatable bonds is 7. The zero-order valence-electron chi connectivity index (χ0n) is 16.1. The normalized spacial score (nSPS) is 12.2. The van der Waals surface area contributed by atoms with Crippen LogP contribution in [0.2, 0.25) is 5.02 Å². The first kappa shape index (κ1) is 22.0. The molecule has 0 aromatic heterocycles. The molecule has 0 saturated heterocycles. The summed E-state index contributed by atoms with van der Waals surface area (Å²) >= 11 is 5.90. The van der Waals surface area contributed by atoms with Crippen LogP contribution in [0.5, 0.6) is 0 Å². The highest BCUT2D eigenvalue weighted by Crippen LogP contribution is 2.20. The Hall–Kier alpha value is -2.08. The third kappa shape index (κ3) is 7.87. The number of halogens is 1. The number of benzene rings is 1. The lowest BCUT2D eigenvalue weighted by molar-refractivity contribution is -0.137. The van der Waals surface area contributed by atoms with E-state index in [9.17, 15) is 14.4 Å². The van der Waals surface area contributed by atoms with E-state index < -0.39 is 6.04 Å². The number of carbonyl (C=O) groups is 3. The van der Waals surface area contributed by atoms with Gasteiger partial charge in [0.1, 0.15) is 0 Å². The van der Waals surface area contributed by atoms with Gasteiger partial charge in [-0.15, -0.1) is 0 Å². The maximum absolute atomic E-state index is 12.7. The monoisotopic (exact) mass is 381 g/mol. The number of likely N-dealkylation sites (N-methyl/N-ethyl adjacent to an activating group) is 1. The lowest BCUT2D eigenvalue weighted by Crippen LogP contribution is -2.47. The molecule has 0 heterocycles. The minimum atomic E-state index is -0.475. The molecule has 0 aliphatic heterocycles. The zero-order valence-corrected chi connectivity index (χ0v) is 16.8. The SMILES string of the molecule is CCN(CC(=O)NC(C)(C)C)C(=O)CC(NC(C)=O)c1ccc(Cl)cc1. The fourth-order valence-corrected chi connectivity index (χ4v) is 2.63. The molecule has 0 radical (unpaired) electrons. The highest BCUT2D eigenvalue weighted by molar-refractivity contribution is 6.30. The van der Waals surface area contributed by atoms with E-state index in [1.54, 1.807) is 24.3 Å². The maximum atomic E-state index is 12.7. The van der Waals surface area contributed by atoms with Gasteiger partial charge in [-0.3, -0.25) is 14.4 Å². The van der Waals surface area contributed by atoms with Crippen molar-refractivity contribution in [3.05, 3.63) is 34.9 Å². The Labute approximate surface area is 160 Å². The van der Waals surface area contributed by atoms with Crippen molar-refractivity contribution in [2.24, 2.45) is 0 Å². The van der Waals surface area contributed by atoms with Crippen molar-refractivity contribution in [1.82, 2.24) is 15.5 Å². The second-order valence-corrected chi connectivity index (χ2v) is 7.65. The number of hydrogen-bond donors (Lipinski definition) is 2. The summed E-state index contributed by atoms with van der Waals surface area (Å²) < 4.78 is 0. The minimum Gasteiger partial charge on any atom is -0.350 e. The van der Waals surface area contributed by atoms with Crippen LogP contribution in [0.3, 0.4) is 0 Å². The topological polar surface area (TPSA) is 78.5 Å². The third-order valence-corrected chi connectivity index (χ3v) is 3.86. The molecule has 1 unspecified atom stereocenters. The summed E-state index contributed by atoms with van der Waals surface area (Å²) in [5.74, 6) is -0.646. The molecule has 0 aliphatic carbocycles. The van der Waals surface area contributed by atoms with Crippen LogP contribution in [0.4, 0.5) is 0 Å².